The van der Waals surface area contributed by atoms with Crippen molar-refractivity contribution in [3.8, 4) is 5.75 Å². The van der Waals surface area contributed by atoms with Gasteiger partial charge in [-0.15, -0.1) is 0 Å². The maximum atomic E-state index is 13.2. The van der Waals surface area contributed by atoms with E-state index in [1.54, 1.807) is 11.8 Å². The summed E-state index contributed by atoms with van der Waals surface area (Å²) in [6, 6.07) is 13.0. The molecule has 0 aromatic heterocycles. The second kappa shape index (κ2) is 11.8. The number of aryl methyl sites for hydroxylation is 1. The van der Waals surface area contributed by atoms with Gasteiger partial charge in [0, 0.05) is 21.5 Å². The van der Waals surface area contributed by atoms with Crippen LogP contribution < -0.4 is 10.1 Å². The van der Waals surface area contributed by atoms with Crippen molar-refractivity contribution >= 4 is 43.7 Å². The molecule has 1 fully saturated rings. The number of benzene rings is 2. The number of amides is 2. The molecule has 0 radical (unpaired) electrons. The highest BCUT2D eigenvalue weighted by Crippen LogP contribution is 2.22. The average Bonchev–Trinajstić information content (AvgIpc) is 2.78. The lowest BCUT2D eigenvalue weighted by atomic mass is 9.95. The van der Waals surface area contributed by atoms with Crippen molar-refractivity contribution in [2.75, 3.05) is 6.61 Å². The Kier molecular flexibility index (Phi) is 9.17. The van der Waals surface area contributed by atoms with Gasteiger partial charge in [-0.3, -0.25) is 9.59 Å². The number of carbonyl (C=O) groups is 2. The molecule has 0 unspecified atom stereocenters. The minimum atomic E-state index is -0.598. The fourth-order valence-corrected chi connectivity index (χ4v) is 4.61. The van der Waals surface area contributed by atoms with Crippen LogP contribution in [0.15, 0.2) is 51.4 Å². The highest BCUT2D eigenvalue weighted by atomic mass is 79.9. The van der Waals surface area contributed by atoms with Gasteiger partial charge in [-0.05, 0) is 68.1 Å². The quantitative estimate of drug-likeness (QED) is 0.442. The van der Waals surface area contributed by atoms with Crippen LogP contribution in [0.1, 0.15) is 50.2 Å². The lowest BCUT2D eigenvalue weighted by molar-refractivity contribution is -0.142. The maximum absolute atomic E-state index is 13.2. The lowest BCUT2D eigenvalue weighted by Crippen LogP contribution is -2.51. The zero-order valence-corrected chi connectivity index (χ0v) is 21.7. The van der Waals surface area contributed by atoms with Crippen LogP contribution >= 0.6 is 31.9 Å². The molecule has 2 aromatic rings. The van der Waals surface area contributed by atoms with E-state index in [2.05, 4.69) is 37.2 Å². The Hall–Kier alpha value is -1.86. The smallest absolute Gasteiger partial charge is 0.261 e. The molecule has 2 aromatic carbocycles. The first kappa shape index (κ1) is 24.8. The van der Waals surface area contributed by atoms with E-state index < -0.39 is 6.04 Å². The highest BCUT2D eigenvalue weighted by Gasteiger charge is 2.28. The molecule has 1 saturated carbocycles. The van der Waals surface area contributed by atoms with Crippen molar-refractivity contribution in [1.82, 2.24) is 10.2 Å². The van der Waals surface area contributed by atoms with E-state index in [9.17, 15) is 9.59 Å². The van der Waals surface area contributed by atoms with E-state index in [-0.39, 0.29) is 24.5 Å². The number of hydrogen-bond acceptors (Lipinski definition) is 3. The summed E-state index contributed by atoms with van der Waals surface area (Å²) in [6.07, 6.45) is 5.51. The second-order valence-corrected chi connectivity index (χ2v) is 10.1. The summed E-state index contributed by atoms with van der Waals surface area (Å²) in [4.78, 5) is 27.8. The van der Waals surface area contributed by atoms with Gasteiger partial charge in [-0.25, -0.2) is 0 Å². The molecule has 32 heavy (non-hydrogen) atoms. The fourth-order valence-electron chi connectivity index (χ4n) is 3.92. The van der Waals surface area contributed by atoms with Gasteiger partial charge in [0.05, 0.1) is 0 Å². The van der Waals surface area contributed by atoms with Gasteiger partial charge >= 0.3 is 0 Å². The van der Waals surface area contributed by atoms with Gasteiger partial charge in [-0.1, -0.05) is 63.3 Å². The molecule has 2 amide bonds. The molecule has 0 aliphatic heterocycles. The Labute approximate surface area is 207 Å². The number of ether oxygens (including phenoxy) is 1. The van der Waals surface area contributed by atoms with Crippen molar-refractivity contribution < 1.29 is 14.3 Å². The maximum Gasteiger partial charge on any atom is 0.261 e. The predicted octanol–water partition coefficient (Wildman–Crippen LogP) is 5.77. The van der Waals surface area contributed by atoms with E-state index in [0.717, 1.165) is 45.8 Å². The van der Waals surface area contributed by atoms with Crippen LogP contribution in [0, 0.1) is 6.92 Å². The SMILES string of the molecule is Cc1cc(OCC(=O)N(Cc2cccc(Br)c2)[C@H](C)C(=O)NC2CCCCC2)ccc1Br. The minimum Gasteiger partial charge on any atom is -0.484 e. The summed E-state index contributed by atoms with van der Waals surface area (Å²) >= 11 is 6.96. The summed E-state index contributed by atoms with van der Waals surface area (Å²) in [5.74, 6) is 0.289. The van der Waals surface area contributed by atoms with Crippen LogP contribution in [0.2, 0.25) is 0 Å². The van der Waals surface area contributed by atoms with Crippen molar-refractivity contribution in [3.63, 3.8) is 0 Å². The van der Waals surface area contributed by atoms with Gasteiger partial charge in [0.1, 0.15) is 11.8 Å². The third kappa shape index (κ3) is 7.07. The Morgan fingerprint density at radius 3 is 2.56 bits per heavy atom. The molecule has 0 heterocycles. The highest BCUT2D eigenvalue weighted by molar-refractivity contribution is 9.10. The Morgan fingerprint density at radius 2 is 1.88 bits per heavy atom. The number of carbonyl (C=O) groups excluding carboxylic acids is 2. The molecule has 1 aliphatic rings. The van der Waals surface area contributed by atoms with Crippen LogP contribution in [-0.2, 0) is 16.1 Å². The van der Waals surface area contributed by atoms with Crippen molar-refractivity contribution in [2.24, 2.45) is 0 Å². The van der Waals surface area contributed by atoms with Gasteiger partial charge in [0.15, 0.2) is 6.61 Å². The second-order valence-electron chi connectivity index (χ2n) is 8.37. The van der Waals surface area contributed by atoms with Crippen LogP contribution in [0.5, 0.6) is 5.75 Å². The summed E-state index contributed by atoms with van der Waals surface area (Å²) in [5, 5.41) is 3.15. The van der Waals surface area contributed by atoms with Crippen LogP contribution in [-0.4, -0.2) is 35.4 Å². The van der Waals surface area contributed by atoms with Crippen LogP contribution in [0.25, 0.3) is 0 Å². The van der Waals surface area contributed by atoms with E-state index in [1.165, 1.54) is 6.42 Å². The van der Waals surface area contributed by atoms with E-state index >= 15 is 0 Å². The number of halogens is 2. The minimum absolute atomic E-state index is 0.111. The zero-order chi connectivity index (χ0) is 23.1. The molecule has 7 heteroatoms. The van der Waals surface area contributed by atoms with Crippen molar-refractivity contribution in [2.45, 2.75) is 64.6 Å². The fraction of sp³-hybridized carbons (Fsp3) is 0.440. The van der Waals surface area contributed by atoms with Crippen LogP contribution in [0.3, 0.4) is 0 Å². The summed E-state index contributed by atoms with van der Waals surface area (Å²) < 4.78 is 7.69. The Bertz CT molecular complexity index is 945. The molecule has 3 rings (SSSR count). The first-order valence-electron chi connectivity index (χ1n) is 11.1. The van der Waals surface area contributed by atoms with E-state index in [0.29, 0.717) is 12.3 Å². The van der Waals surface area contributed by atoms with Crippen molar-refractivity contribution in [3.05, 3.63) is 62.5 Å². The van der Waals surface area contributed by atoms with Gasteiger partial charge in [0.25, 0.3) is 5.91 Å². The molecule has 0 saturated heterocycles. The summed E-state index contributed by atoms with van der Waals surface area (Å²) in [5.41, 5.74) is 1.98. The Balaban J connectivity index is 1.71. The molecule has 5 nitrogen and oxygen atoms in total. The number of rotatable bonds is 8. The summed E-state index contributed by atoms with van der Waals surface area (Å²) in [7, 11) is 0. The van der Waals surface area contributed by atoms with Crippen molar-refractivity contribution in [1.29, 1.82) is 0 Å². The number of nitrogens with one attached hydrogen (secondary N) is 1. The molecule has 0 spiro atoms. The average molecular weight is 566 g/mol. The van der Waals surface area contributed by atoms with E-state index in [4.69, 9.17) is 4.74 Å². The first-order valence-corrected chi connectivity index (χ1v) is 12.7. The summed E-state index contributed by atoms with van der Waals surface area (Å²) in [6.45, 7) is 3.96. The molecular formula is C25H30Br2N2O3. The standard InChI is InChI=1S/C25H30Br2N2O3/c1-17-13-22(11-12-23(17)27)32-16-24(30)29(15-19-7-6-8-20(26)14-19)18(2)25(31)28-21-9-4-3-5-10-21/h6-8,11-14,18,21H,3-5,9-10,15-16H2,1-2H3,(H,28,31)/t18-/m1/s1. The molecule has 1 atom stereocenters. The normalized spacial score (nSPS) is 15.1. The third-order valence-electron chi connectivity index (χ3n) is 5.85. The molecule has 172 valence electrons. The monoisotopic (exact) mass is 564 g/mol. The van der Waals surface area contributed by atoms with Gasteiger partial charge < -0.3 is 15.0 Å². The molecule has 1 aliphatic carbocycles. The molecule has 1 N–H and O–H groups in total. The van der Waals surface area contributed by atoms with Gasteiger partial charge in [0.2, 0.25) is 5.91 Å². The largest absolute Gasteiger partial charge is 0.484 e. The number of nitrogens with zero attached hydrogens (tertiary/aromatic N) is 1. The van der Waals surface area contributed by atoms with E-state index in [1.807, 2.05) is 49.4 Å². The predicted molar refractivity (Wildman–Crippen MR) is 134 cm³/mol. The first-order chi connectivity index (χ1) is 15.3. The van der Waals surface area contributed by atoms with Gasteiger partial charge in [-0.2, -0.15) is 0 Å². The van der Waals surface area contributed by atoms with Crippen LogP contribution in [0.4, 0.5) is 0 Å². The topological polar surface area (TPSA) is 58.6 Å². The third-order valence-corrected chi connectivity index (χ3v) is 7.24. The molecular weight excluding hydrogens is 536 g/mol. The molecule has 0 bridgehead atoms. The Morgan fingerprint density at radius 1 is 1.12 bits per heavy atom. The zero-order valence-electron chi connectivity index (χ0n) is 18.6. The lowest BCUT2D eigenvalue weighted by Gasteiger charge is -2.31. The number of hydrogen-bond donors (Lipinski definition) is 1.